The van der Waals surface area contributed by atoms with Crippen LogP contribution in [0.1, 0.15) is 48.0 Å². The average Bonchev–Trinajstić information content (AvgIpc) is 2.52. The first-order chi connectivity index (χ1) is 10.6. The van der Waals surface area contributed by atoms with Crippen molar-refractivity contribution in [1.82, 2.24) is 5.32 Å². The maximum Gasteiger partial charge on any atom is 0.335 e. The zero-order valence-electron chi connectivity index (χ0n) is 12.6. The standard InChI is InChI=1S/C17H23NO4/c19-15-8-4-2-6-13(15)11-18-16(20)10-9-12-5-1-3-7-14(12)17(21)22/h1,3,5,7,13,15,19H,2,4,6,8-11H2,(H,18,20)(H,21,22). The summed E-state index contributed by atoms with van der Waals surface area (Å²) in [5.41, 5.74) is 0.917. The molecular weight excluding hydrogens is 282 g/mol. The molecule has 3 N–H and O–H groups in total. The summed E-state index contributed by atoms with van der Waals surface area (Å²) in [5, 5.41) is 21.8. The second kappa shape index (κ2) is 7.94. The molecule has 22 heavy (non-hydrogen) atoms. The van der Waals surface area contributed by atoms with Crippen LogP contribution in [0.15, 0.2) is 24.3 Å². The van der Waals surface area contributed by atoms with Crippen molar-refractivity contribution >= 4 is 11.9 Å². The van der Waals surface area contributed by atoms with Gasteiger partial charge < -0.3 is 15.5 Å². The van der Waals surface area contributed by atoms with Gasteiger partial charge >= 0.3 is 5.97 Å². The predicted octanol–water partition coefficient (Wildman–Crippen LogP) is 1.98. The molecule has 2 atom stereocenters. The minimum Gasteiger partial charge on any atom is -0.478 e. The Morgan fingerprint density at radius 3 is 2.64 bits per heavy atom. The van der Waals surface area contributed by atoms with E-state index in [2.05, 4.69) is 5.32 Å². The summed E-state index contributed by atoms with van der Waals surface area (Å²) < 4.78 is 0. The van der Waals surface area contributed by atoms with Crippen LogP contribution in [-0.4, -0.2) is 34.7 Å². The summed E-state index contributed by atoms with van der Waals surface area (Å²) in [6.07, 6.45) is 4.26. The van der Waals surface area contributed by atoms with E-state index < -0.39 is 5.97 Å². The molecule has 1 aliphatic carbocycles. The number of carbonyl (C=O) groups is 2. The van der Waals surface area contributed by atoms with Crippen LogP contribution in [-0.2, 0) is 11.2 Å². The highest BCUT2D eigenvalue weighted by molar-refractivity contribution is 5.89. The summed E-state index contributed by atoms with van der Waals surface area (Å²) in [7, 11) is 0. The maximum absolute atomic E-state index is 11.9. The van der Waals surface area contributed by atoms with Crippen molar-refractivity contribution in [2.75, 3.05) is 6.54 Å². The number of aliphatic hydroxyl groups excluding tert-OH is 1. The van der Waals surface area contributed by atoms with Gasteiger partial charge in [-0.3, -0.25) is 4.79 Å². The number of carboxylic acid groups (broad SMARTS) is 1. The molecule has 1 saturated carbocycles. The summed E-state index contributed by atoms with van der Waals surface area (Å²) in [6, 6.07) is 6.74. The number of benzene rings is 1. The van der Waals surface area contributed by atoms with Crippen molar-refractivity contribution < 1.29 is 19.8 Å². The van der Waals surface area contributed by atoms with Gasteiger partial charge in [0, 0.05) is 18.9 Å². The van der Waals surface area contributed by atoms with Crippen LogP contribution in [0.4, 0.5) is 0 Å². The summed E-state index contributed by atoms with van der Waals surface area (Å²) in [6.45, 7) is 0.501. The first-order valence-corrected chi connectivity index (χ1v) is 7.84. The molecular formula is C17H23NO4. The van der Waals surface area contributed by atoms with E-state index in [1.807, 2.05) is 0 Å². The third-order valence-electron chi connectivity index (χ3n) is 4.30. The Kier molecular flexibility index (Phi) is 5.95. The second-order valence-corrected chi connectivity index (χ2v) is 5.88. The number of aliphatic hydroxyl groups is 1. The van der Waals surface area contributed by atoms with Gasteiger partial charge in [-0.15, -0.1) is 0 Å². The van der Waals surface area contributed by atoms with Crippen molar-refractivity contribution in [3.63, 3.8) is 0 Å². The molecule has 0 spiro atoms. The van der Waals surface area contributed by atoms with Gasteiger partial charge in [-0.1, -0.05) is 31.0 Å². The van der Waals surface area contributed by atoms with Crippen molar-refractivity contribution in [1.29, 1.82) is 0 Å². The number of rotatable bonds is 6. The molecule has 2 unspecified atom stereocenters. The quantitative estimate of drug-likeness (QED) is 0.750. The highest BCUT2D eigenvalue weighted by atomic mass is 16.4. The van der Waals surface area contributed by atoms with Crippen molar-refractivity contribution in [3.8, 4) is 0 Å². The average molecular weight is 305 g/mol. The molecule has 5 heteroatoms. The van der Waals surface area contributed by atoms with Crippen LogP contribution in [0.5, 0.6) is 0 Å². The lowest BCUT2D eigenvalue weighted by molar-refractivity contribution is -0.121. The Hall–Kier alpha value is -1.88. The molecule has 1 fully saturated rings. The Labute approximate surface area is 130 Å². The maximum atomic E-state index is 11.9. The van der Waals surface area contributed by atoms with E-state index in [0.29, 0.717) is 18.5 Å². The number of aromatic carboxylic acids is 1. The molecule has 0 aromatic heterocycles. The van der Waals surface area contributed by atoms with Crippen molar-refractivity contribution in [2.45, 2.75) is 44.6 Å². The molecule has 120 valence electrons. The van der Waals surface area contributed by atoms with Crippen LogP contribution < -0.4 is 5.32 Å². The van der Waals surface area contributed by atoms with E-state index in [9.17, 15) is 14.7 Å². The molecule has 0 heterocycles. The molecule has 1 aliphatic rings. The lowest BCUT2D eigenvalue weighted by atomic mass is 9.86. The zero-order chi connectivity index (χ0) is 15.9. The monoisotopic (exact) mass is 305 g/mol. The molecule has 0 saturated heterocycles. The lowest BCUT2D eigenvalue weighted by Crippen LogP contribution is -2.36. The molecule has 0 aliphatic heterocycles. The number of amides is 1. The van der Waals surface area contributed by atoms with E-state index in [1.165, 1.54) is 0 Å². The number of hydrogen-bond donors (Lipinski definition) is 3. The summed E-state index contributed by atoms with van der Waals surface area (Å²) >= 11 is 0. The van der Waals surface area contributed by atoms with Gasteiger partial charge in [-0.2, -0.15) is 0 Å². The Morgan fingerprint density at radius 1 is 1.18 bits per heavy atom. The van der Waals surface area contributed by atoms with Crippen LogP contribution in [0, 0.1) is 5.92 Å². The van der Waals surface area contributed by atoms with E-state index >= 15 is 0 Å². The van der Waals surface area contributed by atoms with Gasteiger partial charge in [0.25, 0.3) is 0 Å². The van der Waals surface area contributed by atoms with Crippen LogP contribution in [0.2, 0.25) is 0 Å². The fourth-order valence-electron chi connectivity index (χ4n) is 2.95. The molecule has 2 rings (SSSR count). The van der Waals surface area contributed by atoms with Crippen molar-refractivity contribution in [2.24, 2.45) is 5.92 Å². The lowest BCUT2D eigenvalue weighted by Gasteiger charge is -2.27. The summed E-state index contributed by atoms with van der Waals surface area (Å²) in [4.78, 5) is 23.0. The molecule has 1 aromatic rings. The molecule has 0 bridgehead atoms. The SMILES string of the molecule is O=C(CCc1ccccc1C(=O)O)NCC1CCCCC1O. The Morgan fingerprint density at radius 2 is 1.91 bits per heavy atom. The van der Waals surface area contributed by atoms with E-state index in [1.54, 1.807) is 24.3 Å². The fraction of sp³-hybridized carbons (Fsp3) is 0.529. The minimum atomic E-state index is -0.971. The topological polar surface area (TPSA) is 86.6 Å². The third kappa shape index (κ3) is 4.56. The van der Waals surface area contributed by atoms with Gasteiger partial charge in [-0.05, 0) is 30.9 Å². The van der Waals surface area contributed by atoms with Gasteiger partial charge in [0.15, 0.2) is 0 Å². The normalized spacial score (nSPS) is 21.3. The molecule has 0 radical (unpaired) electrons. The van der Waals surface area contributed by atoms with E-state index in [-0.39, 0.29) is 29.9 Å². The van der Waals surface area contributed by atoms with Crippen LogP contribution in [0.3, 0.4) is 0 Å². The molecule has 1 amide bonds. The largest absolute Gasteiger partial charge is 0.478 e. The van der Waals surface area contributed by atoms with Crippen LogP contribution >= 0.6 is 0 Å². The minimum absolute atomic E-state index is 0.0991. The number of carboxylic acids is 1. The second-order valence-electron chi connectivity index (χ2n) is 5.88. The first-order valence-electron chi connectivity index (χ1n) is 7.84. The van der Waals surface area contributed by atoms with Crippen LogP contribution in [0.25, 0.3) is 0 Å². The van der Waals surface area contributed by atoms with Gasteiger partial charge in [0.2, 0.25) is 5.91 Å². The Bertz CT molecular complexity index is 529. The molecule has 1 aromatic carbocycles. The molecule has 5 nitrogen and oxygen atoms in total. The van der Waals surface area contributed by atoms with Gasteiger partial charge in [0.1, 0.15) is 0 Å². The van der Waals surface area contributed by atoms with Gasteiger partial charge in [0.05, 0.1) is 11.7 Å². The van der Waals surface area contributed by atoms with E-state index in [4.69, 9.17) is 5.11 Å². The third-order valence-corrected chi connectivity index (χ3v) is 4.30. The number of carbonyl (C=O) groups excluding carboxylic acids is 1. The smallest absolute Gasteiger partial charge is 0.335 e. The number of nitrogens with one attached hydrogen (secondary N) is 1. The highest BCUT2D eigenvalue weighted by Crippen LogP contribution is 2.23. The van der Waals surface area contributed by atoms with E-state index in [0.717, 1.165) is 25.7 Å². The van der Waals surface area contributed by atoms with Crippen molar-refractivity contribution in [3.05, 3.63) is 35.4 Å². The first kappa shape index (κ1) is 16.5. The Balaban J connectivity index is 1.79. The predicted molar refractivity (Wildman–Crippen MR) is 82.7 cm³/mol. The number of hydrogen-bond acceptors (Lipinski definition) is 3. The van der Waals surface area contributed by atoms with Gasteiger partial charge in [-0.25, -0.2) is 4.79 Å². The fourth-order valence-corrected chi connectivity index (χ4v) is 2.95. The highest BCUT2D eigenvalue weighted by Gasteiger charge is 2.23. The number of aryl methyl sites for hydroxylation is 1. The zero-order valence-corrected chi connectivity index (χ0v) is 12.6. The summed E-state index contributed by atoms with van der Waals surface area (Å²) in [5.74, 6) is -0.927.